The summed E-state index contributed by atoms with van der Waals surface area (Å²) in [4.78, 5) is 0. The summed E-state index contributed by atoms with van der Waals surface area (Å²) >= 11 is 0. The van der Waals surface area contributed by atoms with Crippen molar-refractivity contribution >= 4 is 0 Å². The number of rotatable bonds is 6. The zero-order valence-electron chi connectivity index (χ0n) is 10.9. The lowest BCUT2D eigenvalue weighted by atomic mass is 9.97. The highest BCUT2D eigenvalue weighted by molar-refractivity contribution is 5.04. The van der Waals surface area contributed by atoms with Gasteiger partial charge in [-0.2, -0.15) is 0 Å². The molecule has 0 saturated carbocycles. The van der Waals surface area contributed by atoms with Crippen molar-refractivity contribution < 1.29 is 9.52 Å². The van der Waals surface area contributed by atoms with Crippen molar-refractivity contribution in [1.82, 2.24) is 10.2 Å². The summed E-state index contributed by atoms with van der Waals surface area (Å²) in [5, 5.41) is 16.9. The lowest BCUT2D eigenvalue weighted by Crippen LogP contribution is -2.11. The van der Waals surface area contributed by atoms with Crippen LogP contribution in [-0.4, -0.2) is 21.9 Å². The summed E-state index contributed by atoms with van der Waals surface area (Å²) < 4.78 is 5.68. The van der Waals surface area contributed by atoms with Crippen LogP contribution in [0.5, 0.6) is 0 Å². The molecule has 1 N–H and O–H groups in total. The van der Waals surface area contributed by atoms with Gasteiger partial charge < -0.3 is 9.52 Å². The van der Waals surface area contributed by atoms with E-state index < -0.39 is 0 Å². The van der Waals surface area contributed by atoms with E-state index in [9.17, 15) is 0 Å². The smallest absolute Gasteiger partial charge is 0.223 e. The molecule has 1 aromatic heterocycles. The molecule has 0 amide bonds. The Labute approximate surface area is 103 Å². The van der Waals surface area contributed by atoms with Crippen LogP contribution in [-0.2, 0) is 5.41 Å². The summed E-state index contributed by atoms with van der Waals surface area (Å²) in [6.45, 7) is 10.1. The topological polar surface area (TPSA) is 59.2 Å². The molecule has 1 rings (SSSR count). The summed E-state index contributed by atoms with van der Waals surface area (Å²) in [6.07, 6.45) is 4.44. The quantitative estimate of drug-likeness (QED) is 0.611. The van der Waals surface area contributed by atoms with Gasteiger partial charge in [0, 0.05) is 12.0 Å². The number of aliphatic hydroxyl groups excluding tert-OH is 1. The van der Waals surface area contributed by atoms with Crippen LogP contribution >= 0.6 is 0 Å². The van der Waals surface area contributed by atoms with E-state index in [0.717, 1.165) is 19.3 Å². The van der Waals surface area contributed by atoms with Gasteiger partial charge in [-0.15, -0.1) is 16.8 Å². The van der Waals surface area contributed by atoms with Crippen LogP contribution in [0, 0.1) is 0 Å². The molecule has 0 saturated heterocycles. The first-order chi connectivity index (χ1) is 7.99. The van der Waals surface area contributed by atoms with Crippen molar-refractivity contribution in [2.75, 3.05) is 6.61 Å². The lowest BCUT2D eigenvalue weighted by molar-refractivity contribution is 0.280. The Morgan fingerprint density at radius 1 is 1.35 bits per heavy atom. The predicted molar refractivity (Wildman–Crippen MR) is 66.9 cm³/mol. The average Bonchev–Trinajstić information content (AvgIpc) is 2.73. The molecule has 0 aromatic carbocycles. The third-order valence-electron chi connectivity index (χ3n) is 2.61. The number of nitrogens with zero attached hydrogens (tertiary/aromatic N) is 2. The Morgan fingerprint density at radius 3 is 2.53 bits per heavy atom. The first-order valence-corrected chi connectivity index (χ1v) is 6.06. The first-order valence-electron chi connectivity index (χ1n) is 6.06. The molecule has 1 unspecified atom stereocenters. The van der Waals surface area contributed by atoms with Gasteiger partial charge in [-0.05, 0) is 12.8 Å². The molecule has 0 aliphatic heterocycles. The molecule has 0 aliphatic carbocycles. The fraction of sp³-hybridized carbons (Fsp3) is 0.692. The SMILES string of the molecule is C=CC(CCCCO)c1nnc(C(C)(C)C)o1. The van der Waals surface area contributed by atoms with E-state index in [2.05, 4.69) is 16.8 Å². The number of aromatic nitrogens is 2. The van der Waals surface area contributed by atoms with Crippen LogP contribution in [0.25, 0.3) is 0 Å². The minimum Gasteiger partial charge on any atom is -0.424 e. The first kappa shape index (κ1) is 13.9. The maximum Gasteiger partial charge on any atom is 0.223 e. The molecule has 0 bridgehead atoms. The second kappa shape index (κ2) is 5.96. The fourth-order valence-electron chi connectivity index (χ4n) is 1.51. The van der Waals surface area contributed by atoms with Gasteiger partial charge >= 0.3 is 0 Å². The van der Waals surface area contributed by atoms with Gasteiger partial charge in [-0.3, -0.25) is 0 Å². The van der Waals surface area contributed by atoms with E-state index in [1.165, 1.54) is 0 Å². The molecule has 1 heterocycles. The van der Waals surface area contributed by atoms with Crippen molar-refractivity contribution in [1.29, 1.82) is 0 Å². The largest absolute Gasteiger partial charge is 0.424 e. The van der Waals surface area contributed by atoms with Gasteiger partial charge in [0.15, 0.2) is 0 Å². The molecular weight excluding hydrogens is 216 g/mol. The second-order valence-corrected chi connectivity index (χ2v) is 5.26. The third-order valence-corrected chi connectivity index (χ3v) is 2.61. The maximum atomic E-state index is 8.76. The number of aliphatic hydroxyl groups is 1. The van der Waals surface area contributed by atoms with Gasteiger partial charge in [0.1, 0.15) is 0 Å². The monoisotopic (exact) mass is 238 g/mol. The zero-order chi connectivity index (χ0) is 12.9. The van der Waals surface area contributed by atoms with Gasteiger partial charge in [0.05, 0.1) is 5.92 Å². The van der Waals surface area contributed by atoms with Crippen LogP contribution in [0.1, 0.15) is 57.7 Å². The normalized spacial score (nSPS) is 13.6. The molecule has 1 aromatic rings. The summed E-state index contributed by atoms with van der Waals surface area (Å²) in [5.41, 5.74) is -0.123. The Morgan fingerprint density at radius 2 is 2.06 bits per heavy atom. The number of hydrogen-bond acceptors (Lipinski definition) is 4. The zero-order valence-corrected chi connectivity index (χ0v) is 10.9. The van der Waals surface area contributed by atoms with Crippen LogP contribution in [0.2, 0.25) is 0 Å². The third kappa shape index (κ3) is 3.97. The van der Waals surface area contributed by atoms with Gasteiger partial charge in [-0.1, -0.05) is 33.3 Å². The summed E-state index contributed by atoms with van der Waals surface area (Å²) in [7, 11) is 0. The van der Waals surface area contributed by atoms with Crippen molar-refractivity contribution in [3.05, 3.63) is 24.4 Å². The van der Waals surface area contributed by atoms with Gasteiger partial charge in [-0.25, -0.2) is 0 Å². The van der Waals surface area contributed by atoms with Crippen molar-refractivity contribution in [3.63, 3.8) is 0 Å². The Bertz CT molecular complexity index is 353. The Balaban J connectivity index is 2.69. The number of unbranched alkanes of at least 4 members (excludes halogenated alkanes) is 1. The fourth-order valence-corrected chi connectivity index (χ4v) is 1.51. The van der Waals surface area contributed by atoms with E-state index in [1.54, 1.807) is 0 Å². The number of hydrogen-bond donors (Lipinski definition) is 1. The highest BCUT2D eigenvalue weighted by Crippen LogP contribution is 2.26. The molecule has 0 spiro atoms. The standard InChI is InChI=1S/C13H22N2O2/c1-5-10(8-6-7-9-16)11-14-15-12(17-11)13(2,3)4/h5,10,16H,1,6-9H2,2-4H3. The molecule has 17 heavy (non-hydrogen) atoms. The van der Waals surface area contributed by atoms with E-state index >= 15 is 0 Å². The van der Waals surface area contributed by atoms with Crippen LogP contribution in [0.4, 0.5) is 0 Å². The van der Waals surface area contributed by atoms with Crippen LogP contribution in [0.3, 0.4) is 0 Å². The van der Waals surface area contributed by atoms with E-state index in [4.69, 9.17) is 9.52 Å². The molecule has 4 nitrogen and oxygen atoms in total. The molecule has 0 aliphatic rings. The van der Waals surface area contributed by atoms with E-state index in [-0.39, 0.29) is 17.9 Å². The molecule has 0 radical (unpaired) electrons. The highest BCUT2D eigenvalue weighted by Gasteiger charge is 2.23. The highest BCUT2D eigenvalue weighted by atomic mass is 16.4. The molecule has 4 heteroatoms. The number of allylic oxidation sites excluding steroid dienone is 1. The van der Waals surface area contributed by atoms with Crippen molar-refractivity contribution in [2.45, 2.75) is 51.4 Å². The molecular formula is C13H22N2O2. The van der Waals surface area contributed by atoms with Crippen molar-refractivity contribution in [3.8, 4) is 0 Å². The van der Waals surface area contributed by atoms with Gasteiger partial charge in [0.2, 0.25) is 11.8 Å². The Hall–Kier alpha value is -1.16. The molecule has 96 valence electrons. The van der Waals surface area contributed by atoms with E-state index in [0.29, 0.717) is 11.8 Å². The minimum atomic E-state index is -0.123. The lowest BCUT2D eigenvalue weighted by Gasteiger charge is -2.12. The minimum absolute atomic E-state index is 0.0881. The Kier molecular flexibility index (Phi) is 4.87. The van der Waals surface area contributed by atoms with Crippen molar-refractivity contribution in [2.24, 2.45) is 0 Å². The summed E-state index contributed by atoms with van der Waals surface area (Å²) in [6, 6.07) is 0. The van der Waals surface area contributed by atoms with Crippen LogP contribution < -0.4 is 0 Å². The molecule has 0 fully saturated rings. The second-order valence-electron chi connectivity index (χ2n) is 5.26. The summed E-state index contributed by atoms with van der Waals surface area (Å²) in [5.74, 6) is 1.37. The maximum absolute atomic E-state index is 8.76. The molecule has 1 atom stereocenters. The van der Waals surface area contributed by atoms with Gasteiger partial charge in [0.25, 0.3) is 0 Å². The average molecular weight is 238 g/mol. The van der Waals surface area contributed by atoms with Crippen LogP contribution in [0.15, 0.2) is 17.1 Å². The predicted octanol–water partition coefficient (Wildman–Crippen LogP) is 2.80. The van der Waals surface area contributed by atoms with E-state index in [1.807, 2.05) is 26.8 Å².